The molecular formula is C20H28N2O5S. The lowest BCUT2D eigenvalue weighted by molar-refractivity contribution is -0.140. The van der Waals surface area contributed by atoms with Crippen LogP contribution in [0.15, 0.2) is 48.5 Å². The highest BCUT2D eigenvalue weighted by molar-refractivity contribution is 7.85. The van der Waals surface area contributed by atoms with Gasteiger partial charge >= 0.3 is 5.97 Å². The lowest BCUT2D eigenvalue weighted by Gasteiger charge is -2.23. The highest BCUT2D eigenvalue weighted by atomic mass is 32.2. The van der Waals surface area contributed by atoms with E-state index in [4.69, 9.17) is 15.0 Å². The van der Waals surface area contributed by atoms with E-state index in [-0.39, 0.29) is 11.7 Å². The van der Waals surface area contributed by atoms with E-state index >= 15 is 0 Å². The van der Waals surface area contributed by atoms with Gasteiger partial charge in [-0.25, -0.2) is 0 Å². The van der Waals surface area contributed by atoms with E-state index in [2.05, 4.69) is 36.9 Å². The Balaban J connectivity index is 0.000000292. The van der Waals surface area contributed by atoms with Crippen molar-refractivity contribution in [3.05, 3.63) is 59.7 Å². The van der Waals surface area contributed by atoms with Gasteiger partial charge in [-0.1, -0.05) is 24.3 Å². The van der Waals surface area contributed by atoms with Gasteiger partial charge in [-0.3, -0.25) is 9.35 Å². The molecule has 2 aromatic carbocycles. The Morgan fingerprint density at radius 3 is 2.32 bits per heavy atom. The molecule has 8 heteroatoms. The van der Waals surface area contributed by atoms with Crippen LogP contribution in [0.3, 0.4) is 0 Å². The smallest absolute Gasteiger partial charge is 0.302 e. The van der Waals surface area contributed by atoms with Crippen LogP contribution in [0, 0.1) is 6.92 Å². The molecule has 2 rings (SSSR count). The molecule has 0 heterocycles. The summed E-state index contributed by atoms with van der Waals surface area (Å²) in [5.74, 6) is -0.590. The van der Waals surface area contributed by atoms with Gasteiger partial charge < -0.3 is 15.4 Å². The molecule has 0 aliphatic carbocycles. The van der Waals surface area contributed by atoms with Crippen molar-refractivity contribution in [2.45, 2.75) is 26.5 Å². The van der Waals surface area contributed by atoms with Gasteiger partial charge in [0, 0.05) is 24.8 Å². The number of hydrogen-bond acceptors (Lipinski definition) is 6. The van der Waals surface area contributed by atoms with Gasteiger partial charge in [0.2, 0.25) is 0 Å². The second-order valence-corrected chi connectivity index (χ2v) is 7.68. The van der Waals surface area contributed by atoms with E-state index in [9.17, 15) is 13.2 Å². The van der Waals surface area contributed by atoms with E-state index in [1.54, 1.807) is 24.3 Å². The molecule has 0 unspecified atom stereocenters. The summed E-state index contributed by atoms with van der Waals surface area (Å²) in [6.07, 6.45) is 0. The van der Waals surface area contributed by atoms with Crippen LogP contribution in [0.4, 0.5) is 11.4 Å². The molecule has 0 aliphatic rings. The number of nitrogens with zero attached hydrogens (tertiary/aromatic N) is 1. The highest BCUT2D eigenvalue weighted by Crippen LogP contribution is 2.15. The predicted molar refractivity (Wildman–Crippen MR) is 112 cm³/mol. The van der Waals surface area contributed by atoms with Crippen molar-refractivity contribution in [1.82, 2.24) is 0 Å². The van der Waals surface area contributed by atoms with Gasteiger partial charge in [0.15, 0.2) is 0 Å². The van der Waals surface area contributed by atoms with Crippen molar-refractivity contribution >= 4 is 27.5 Å². The summed E-state index contributed by atoms with van der Waals surface area (Å²) in [6.45, 7) is 7.68. The van der Waals surface area contributed by atoms with Crippen LogP contribution in [0.25, 0.3) is 0 Å². The van der Waals surface area contributed by atoms with Crippen LogP contribution in [0.5, 0.6) is 0 Å². The van der Waals surface area contributed by atoms with E-state index in [1.165, 1.54) is 18.2 Å². The molecule has 0 bridgehead atoms. The summed E-state index contributed by atoms with van der Waals surface area (Å²) in [5, 5.41) is 0. The number of nitrogen functional groups attached to an aromatic ring is 1. The first-order chi connectivity index (χ1) is 13.1. The summed E-state index contributed by atoms with van der Waals surface area (Å²) >= 11 is 0. The van der Waals surface area contributed by atoms with Gasteiger partial charge in [0.05, 0.1) is 6.54 Å². The molecule has 0 amide bonds. The molecule has 0 saturated carbocycles. The summed E-state index contributed by atoms with van der Waals surface area (Å²) in [4.78, 5) is 12.9. The Morgan fingerprint density at radius 1 is 1.18 bits per heavy atom. The van der Waals surface area contributed by atoms with E-state index in [0.29, 0.717) is 17.9 Å². The normalized spacial score (nSPS) is 10.6. The number of benzene rings is 2. The van der Waals surface area contributed by atoms with Crippen LogP contribution in [-0.2, 0) is 25.4 Å². The van der Waals surface area contributed by atoms with Crippen LogP contribution in [0.2, 0.25) is 0 Å². The van der Waals surface area contributed by atoms with E-state index < -0.39 is 10.1 Å². The fraction of sp³-hybridized carbons (Fsp3) is 0.350. The van der Waals surface area contributed by atoms with E-state index in [0.717, 1.165) is 13.1 Å². The van der Waals surface area contributed by atoms with E-state index in [1.807, 2.05) is 6.07 Å². The van der Waals surface area contributed by atoms with Crippen molar-refractivity contribution in [3.8, 4) is 0 Å². The maximum atomic E-state index is 10.7. The molecule has 0 saturated heterocycles. The number of nitrogens with two attached hydrogens (primary N) is 1. The fourth-order valence-electron chi connectivity index (χ4n) is 2.42. The maximum Gasteiger partial charge on any atom is 0.302 e. The molecule has 0 radical (unpaired) electrons. The standard InChI is InChI=1S/C13H19NO2.C7H9NO3S/c1-4-14(8-9-16-12(3)15)13-7-5-6-11(2)10-13;8-7-3-1-6(2-4-7)5-12(9,10)11/h5-7,10H,4,8-9H2,1-3H3;1-4H,5,8H2,(H,9,10,11). The van der Waals surface area contributed by atoms with Gasteiger partial charge in [0.25, 0.3) is 10.1 Å². The topological polar surface area (TPSA) is 110 Å². The van der Waals surface area contributed by atoms with Gasteiger partial charge in [-0.05, 0) is 49.2 Å². The summed E-state index contributed by atoms with van der Waals surface area (Å²) in [7, 11) is -3.93. The minimum absolute atomic E-state index is 0.222. The largest absolute Gasteiger partial charge is 0.464 e. The number of aryl methyl sites for hydroxylation is 1. The molecule has 154 valence electrons. The minimum Gasteiger partial charge on any atom is -0.464 e. The molecule has 0 spiro atoms. The summed E-state index contributed by atoms with van der Waals surface area (Å²) in [5.41, 5.74) is 8.88. The average Bonchev–Trinajstić information content (AvgIpc) is 2.60. The van der Waals surface area contributed by atoms with Gasteiger partial charge in [0.1, 0.15) is 12.4 Å². The zero-order valence-electron chi connectivity index (χ0n) is 16.5. The molecule has 3 N–H and O–H groups in total. The molecule has 0 atom stereocenters. The first kappa shape index (κ1) is 23.5. The third kappa shape index (κ3) is 9.94. The van der Waals surface area contributed by atoms with Crippen molar-refractivity contribution in [2.75, 3.05) is 30.3 Å². The zero-order chi connectivity index (χ0) is 21.2. The number of carbonyl (C=O) groups is 1. The molecular weight excluding hydrogens is 380 g/mol. The predicted octanol–water partition coefficient (Wildman–Crippen LogP) is 3.04. The monoisotopic (exact) mass is 408 g/mol. The molecule has 0 aliphatic heterocycles. The first-order valence-corrected chi connectivity index (χ1v) is 10.5. The molecule has 2 aromatic rings. The molecule has 28 heavy (non-hydrogen) atoms. The van der Waals surface area contributed by atoms with Crippen molar-refractivity contribution in [2.24, 2.45) is 0 Å². The number of likely N-dealkylation sites (N-methyl/N-ethyl adjacent to an activating group) is 1. The second kappa shape index (κ2) is 11.3. The van der Waals surface area contributed by atoms with Crippen LogP contribution >= 0.6 is 0 Å². The quantitative estimate of drug-likeness (QED) is 0.411. The van der Waals surface area contributed by atoms with Crippen LogP contribution < -0.4 is 10.6 Å². The Bertz CT molecular complexity index is 851. The Hall–Kier alpha value is -2.58. The van der Waals surface area contributed by atoms with Crippen LogP contribution in [-0.4, -0.2) is 38.6 Å². The highest BCUT2D eigenvalue weighted by Gasteiger charge is 2.05. The minimum atomic E-state index is -3.93. The number of ether oxygens (including phenoxy) is 1. The third-order valence-electron chi connectivity index (χ3n) is 3.74. The lowest BCUT2D eigenvalue weighted by atomic mass is 10.2. The number of hydrogen-bond donors (Lipinski definition) is 2. The first-order valence-electron chi connectivity index (χ1n) is 8.85. The number of rotatable bonds is 7. The number of carbonyl (C=O) groups excluding carboxylic acids is 1. The summed E-state index contributed by atoms with van der Waals surface area (Å²) < 4.78 is 34.2. The Morgan fingerprint density at radius 2 is 1.82 bits per heavy atom. The zero-order valence-corrected chi connectivity index (χ0v) is 17.3. The van der Waals surface area contributed by atoms with Crippen LogP contribution in [0.1, 0.15) is 25.0 Å². The molecule has 0 fully saturated rings. The SMILES string of the molecule is CCN(CCOC(C)=O)c1cccc(C)c1.Nc1ccc(CS(=O)(=O)O)cc1. The second-order valence-electron chi connectivity index (χ2n) is 6.23. The van der Waals surface area contributed by atoms with Gasteiger partial charge in [-0.15, -0.1) is 0 Å². The fourth-order valence-corrected chi connectivity index (χ4v) is 3.03. The molecule has 7 nitrogen and oxygen atoms in total. The lowest BCUT2D eigenvalue weighted by Crippen LogP contribution is -2.27. The summed E-state index contributed by atoms with van der Waals surface area (Å²) in [6, 6.07) is 14.6. The van der Waals surface area contributed by atoms with Crippen molar-refractivity contribution < 1.29 is 22.5 Å². The maximum absolute atomic E-state index is 10.7. The number of esters is 1. The Kier molecular flexibility index (Phi) is 9.47. The molecule has 0 aromatic heterocycles. The van der Waals surface area contributed by atoms with Crippen molar-refractivity contribution in [3.63, 3.8) is 0 Å². The van der Waals surface area contributed by atoms with Crippen molar-refractivity contribution in [1.29, 1.82) is 0 Å². The number of anilines is 2. The van der Waals surface area contributed by atoms with Gasteiger partial charge in [-0.2, -0.15) is 8.42 Å². The Labute approximate surface area is 166 Å². The average molecular weight is 409 g/mol. The third-order valence-corrected chi connectivity index (χ3v) is 4.44.